The molecule has 47 heavy (non-hydrogen) atoms. The summed E-state index contributed by atoms with van der Waals surface area (Å²) in [5, 5.41) is 26.3. The van der Waals surface area contributed by atoms with Crippen LogP contribution in [0.3, 0.4) is 0 Å². The molecule has 2 amide bonds. The summed E-state index contributed by atoms with van der Waals surface area (Å²) < 4.78 is 0. The van der Waals surface area contributed by atoms with Gasteiger partial charge in [-0.3, -0.25) is 33.7 Å². The number of hydrogen-bond acceptors (Lipinski definition) is 9. The first-order valence-electron chi connectivity index (χ1n) is 16.1. The van der Waals surface area contributed by atoms with E-state index in [0.717, 1.165) is 24.0 Å². The number of phenolic OH excluding ortho intramolecular Hbond substituents is 1. The molecule has 248 valence electrons. The van der Waals surface area contributed by atoms with Crippen LogP contribution >= 0.6 is 0 Å². The van der Waals surface area contributed by atoms with Crippen LogP contribution in [0, 0.1) is 29.6 Å². The van der Waals surface area contributed by atoms with Crippen molar-refractivity contribution >= 4 is 34.9 Å². The molecular weight excluding hydrogens is 602 g/mol. The Morgan fingerprint density at radius 2 is 1.68 bits per heavy atom. The molecule has 5 N–H and O–H groups in total. The Morgan fingerprint density at radius 1 is 1.04 bits per heavy atom. The summed E-state index contributed by atoms with van der Waals surface area (Å²) in [6.45, 7) is 6.24. The monoisotopic (exact) mass is 643 g/mol. The maximum absolute atomic E-state index is 14.4. The van der Waals surface area contributed by atoms with Crippen LogP contribution in [0.5, 0.6) is 5.75 Å². The normalized spacial score (nSPS) is 28.9. The summed E-state index contributed by atoms with van der Waals surface area (Å²) >= 11 is 0. The zero-order valence-electron chi connectivity index (χ0n) is 27.3. The molecule has 6 rings (SSSR count). The van der Waals surface area contributed by atoms with E-state index in [-0.39, 0.29) is 47.9 Å². The molecular formula is C36H41N3O8. The average molecular weight is 644 g/mol. The number of hydrogen-bond donors (Lipinski definition) is 4. The number of amides is 2. The number of nitrogens with zero attached hydrogens (tertiary/aromatic N) is 1. The fourth-order valence-electron chi connectivity index (χ4n) is 7.94. The molecule has 6 atom stereocenters. The van der Waals surface area contributed by atoms with Crippen molar-refractivity contribution in [3.8, 4) is 16.9 Å². The first-order chi connectivity index (χ1) is 22.0. The third-order valence-electron chi connectivity index (χ3n) is 10.6. The predicted molar refractivity (Wildman–Crippen MR) is 170 cm³/mol. The quantitative estimate of drug-likeness (QED) is 0.341. The smallest absolute Gasteiger partial charge is 0.235 e. The maximum Gasteiger partial charge on any atom is 0.235 e. The highest BCUT2D eigenvalue weighted by molar-refractivity contribution is 6.32. The molecule has 0 aliphatic heterocycles. The van der Waals surface area contributed by atoms with Crippen molar-refractivity contribution in [2.75, 3.05) is 14.1 Å². The van der Waals surface area contributed by atoms with Gasteiger partial charge in [0.05, 0.1) is 17.5 Å². The number of carbonyl (C=O) groups excluding carboxylic acids is 6. The molecule has 3 fully saturated rings. The number of nitrogens with two attached hydrogens (primary N) is 1. The van der Waals surface area contributed by atoms with Gasteiger partial charge in [-0.25, -0.2) is 0 Å². The van der Waals surface area contributed by atoms with Crippen molar-refractivity contribution in [3.63, 3.8) is 0 Å². The van der Waals surface area contributed by atoms with E-state index in [1.54, 1.807) is 20.2 Å². The van der Waals surface area contributed by atoms with Gasteiger partial charge in [-0.1, -0.05) is 45.0 Å². The second-order valence-corrected chi connectivity index (χ2v) is 14.9. The number of rotatable bonds is 6. The summed E-state index contributed by atoms with van der Waals surface area (Å²) in [6.07, 6.45) is 1.68. The van der Waals surface area contributed by atoms with Gasteiger partial charge in [0.2, 0.25) is 11.8 Å². The molecule has 0 radical (unpaired) electrons. The molecule has 11 heteroatoms. The Labute approximate surface area is 272 Å². The lowest BCUT2D eigenvalue weighted by molar-refractivity contribution is -0.181. The second kappa shape index (κ2) is 11.2. The minimum Gasteiger partial charge on any atom is -0.507 e. The van der Waals surface area contributed by atoms with E-state index in [2.05, 4.69) is 26.1 Å². The van der Waals surface area contributed by atoms with Crippen LogP contribution in [0.15, 0.2) is 30.3 Å². The van der Waals surface area contributed by atoms with E-state index in [1.165, 1.54) is 4.90 Å². The van der Waals surface area contributed by atoms with E-state index < -0.39 is 64.4 Å². The van der Waals surface area contributed by atoms with Gasteiger partial charge in [0.25, 0.3) is 0 Å². The van der Waals surface area contributed by atoms with Gasteiger partial charge in [-0.2, -0.15) is 0 Å². The van der Waals surface area contributed by atoms with Gasteiger partial charge in [0, 0.05) is 23.9 Å². The van der Waals surface area contributed by atoms with Crippen LogP contribution in [-0.2, 0) is 42.4 Å². The van der Waals surface area contributed by atoms with Crippen LogP contribution in [0.4, 0.5) is 0 Å². The highest BCUT2D eigenvalue weighted by Gasteiger charge is 2.69. The summed E-state index contributed by atoms with van der Waals surface area (Å²) in [5.41, 5.74) is 5.74. The number of ketones is 4. The van der Waals surface area contributed by atoms with E-state index in [4.69, 9.17) is 5.73 Å². The molecule has 4 aliphatic carbocycles. The number of fused-ring (bicyclic) bond motifs is 3. The van der Waals surface area contributed by atoms with Crippen LogP contribution in [0.1, 0.15) is 67.1 Å². The molecule has 0 saturated heterocycles. The third-order valence-corrected chi connectivity index (χ3v) is 10.6. The molecule has 4 aliphatic rings. The number of carbonyl (C=O) groups is 6. The van der Waals surface area contributed by atoms with Crippen molar-refractivity contribution in [3.05, 3.63) is 52.6 Å². The van der Waals surface area contributed by atoms with E-state index in [0.29, 0.717) is 16.7 Å². The summed E-state index contributed by atoms with van der Waals surface area (Å²) in [6, 6.07) is 8.45. The van der Waals surface area contributed by atoms with Gasteiger partial charge in [0.1, 0.15) is 5.75 Å². The number of Topliss-reactive ketones (excluding diaryl/α,β-unsaturated/α-hetero) is 4. The van der Waals surface area contributed by atoms with Crippen LogP contribution in [0.25, 0.3) is 11.1 Å². The fourth-order valence-corrected chi connectivity index (χ4v) is 7.94. The van der Waals surface area contributed by atoms with Crippen LogP contribution in [-0.4, -0.2) is 75.8 Å². The minimum absolute atomic E-state index is 0.0355. The number of phenols is 1. The zero-order chi connectivity index (χ0) is 34.3. The molecule has 11 nitrogen and oxygen atoms in total. The van der Waals surface area contributed by atoms with E-state index in [1.807, 2.05) is 24.3 Å². The maximum atomic E-state index is 14.4. The first-order valence-corrected chi connectivity index (χ1v) is 16.1. The van der Waals surface area contributed by atoms with Gasteiger partial charge in [-0.05, 0) is 79.4 Å². The Kier molecular flexibility index (Phi) is 7.79. The van der Waals surface area contributed by atoms with Crippen molar-refractivity contribution in [2.24, 2.45) is 35.3 Å². The summed E-state index contributed by atoms with van der Waals surface area (Å²) in [4.78, 5) is 81.9. The average Bonchev–Trinajstić information content (AvgIpc) is 3.84. The minimum atomic E-state index is -2.80. The van der Waals surface area contributed by atoms with Crippen LogP contribution < -0.4 is 11.1 Å². The largest absolute Gasteiger partial charge is 0.507 e. The number of primary amides is 1. The van der Waals surface area contributed by atoms with Gasteiger partial charge in [0.15, 0.2) is 34.7 Å². The zero-order valence-corrected chi connectivity index (χ0v) is 27.3. The highest BCUT2D eigenvalue weighted by Crippen LogP contribution is 2.52. The topological polar surface area (TPSA) is 184 Å². The fraction of sp³-hybridized carbons (Fsp3) is 0.500. The lowest BCUT2D eigenvalue weighted by atomic mass is 9.52. The van der Waals surface area contributed by atoms with Crippen molar-refractivity contribution in [2.45, 2.75) is 70.1 Å². The lowest BCUT2D eigenvalue weighted by Gasteiger charge is -2.52. The Morgan fingerprint density at radius 3 is 2.23 bits per heavy atom. The van der Waals surface area contributed by atoms with Crippen LogP contribution in [0.2, 0.25) is 0 Å². The number of nitrogens with one attached hydrogen (secondary N) is 1. The molecule has 0 bridgehead atoms. The molecule has 0 heterocycles. The SMILES string of the molecule is CN(C)C1C(=O)C(C(N)=O)C(=O)[C@]2(O)C(=O)C3C(=O)c4c(O)c(CNC(=O)C5CC5)cc(-c5ccc(C(C)(C)C)cc5)c4C[C@@H]3C[C@H]12. The van der Waals surface area contributed by atoms with E-state index in [9.17, 15) is 39.0 Å². The predicted octanol–water partition coefficient (Wildman–Crippen LogP) is 1.86. The second-order valence-electron chi connectivity index (χ2n) is 14.9. The van der Waals surface area contributed by atoms with E-state index >= 15 is 0 Å². The molecule has 0 aromatic heterocycles. The molecule has 3 unspecified atom stereocenters. The summed E-state index contributed by atoms with van der Waals surface area (Å²) in [5.74, 6) is -11.3. The highest BCUT2D eigenvalue weighted by atomic mass is 16.3. The molecule has 0 spiro atoms. The summed E-state index contributed by atoms with van der Waals surface area (Å²) in [7, 11) is 3.10. The standard InChI is InChI=1S/C36H41N3O8/c1-35(2,3)20-10-8-16(9-11-20)21-13-19(15-38-34(46)17-6-7-17)28(40)25-22(21)12-18-14-23-27(39(4)5)30(42)26(33(37)45)32(44)36(23,47)31(43)24(18)29(25)41/h8-11,13,17-18,23-24,26-27,40,47H,6-7,12,14-15H2,1-5H3,(H2,37,45)(H,38,46)/t18-,23-,24?,26?,27?,36-/m1/s1. The van der Waals surface area contributed by atoms with Gasteiger partial charge >= 0.3 is 0 Å². The Balaban J connectivity index is 1.48. The first kappa shape index (κ1) is 32.7. The van der Waals surface area contributed by atoms with Gasteiger partial charge in [-0.15, -0.1) is 0 Å². The lowest BCUT2D eigenvalue weighted by Crippen LogP contribution is -2.74. The number of benzene rings is 2. The molecule has 2 aromatic carbocycles. The van der Waals surface area contributed by atoms with Crippen molar-refractivity contribution in [1.29, 1.82) is 0 Å². The van der Waals surface area contributed by atoms with Gasteiger partial charge < -0.3 is 21.3 Å². The Hall–Kier alpha value is -4.22. The molecule has 3 saturated carbocycles. The number of aliphatic hydroxyl groups is 1. The number of likely N-dealkylation sites (N-methyl/N-ethyl adjacent to an activating group) is 1. The van der Waals surface area contributed by atoms with Crippen molar-refractivity contribution < 1.29 is 39.0 Å². The Bertz CT molecular complexity index is 1740. The van der Waals surface area contributed by atoms with Crippen molar-refractivity contribution in [1.82, 2.24) is 10.2 Å². The molecule has 2 aromatic rings. The third kappa shape index (κ3) is 5.11. The number of aromatic hydroxyl groups is 1.